The quantitative estimate of drug-likeness (QED) is 0.825. The second-order valence-electron chi connectivity index (χ2n) is 4.77. The molecule has 2 aromatic rings. The molecule has 0 aliphatic rings. The molecule has 0 unspecified atom stereocenters. The van der Waals surface area contributed by atoms with E-state index >= 15 is 0 Å². The lowest BCUT2D eigenvalue weighted by Crippen LogP contribution is -2.37. The zero-order chi connectivity index (χ0) is 15.2. The molecule has 0 spiro atoms. The number of nitrogens with zero attached hydrogens (tertiary/aromatic N) is 2. The SMILES string of the molecule is COc1cccc2c(NCCNC(=O)N(C)C)nccc12. The number of rotatable bonds is 5. The monoisotopic (exact) mass is 288 g/mol. The summed E-state index contributed by atoms with van der Waals surface area (Å²) in [5, 5.41) is 8.03. The molecule has 21 heavy (non-hydrogen) atoms. The third-order valence-corrected chi connectivity index (χ3v) is 3.09. The molecule has 0 saturated carbocycles. The van der Waals surface area contributed by atoms with E-state index in [9.17, 15) is 4.79 Å². The normalized spacial score (nSPS) is 10.2. The van der Waals surface area contributed by atoms with Gasteiger partial charge < -0.3 is 20.3 Å². The molecule has 112 valence electrons. The molecule has 6 heteroatoms. The molecule has 2 amide bonds. The smallest absolute Gasteiger partial charge is 0.316 e. The van der Waals surface area contributed by atoms with Gasteiger partial charge in [0.05, 0.1) is 7.11 Å². The van der Waals surface area contributed by atoms with Crippen LogP contribution in [0.5, 0.6) is 5.75 Å². The number of anilines is 1. The van der Waals surface area contributed by atoms with Crippen molar-refractivity contribution in [2.75, 3.05) is 39.6 Å². The van der Waals surface area contributed by atoms with Crippen LogP contribution >= 0.6 is 0 Å². The summed E-state index contributed by atoms with van der Waals surface area (Å²) >= 11 is 0. The van der Waals surface area contributed by atoms with Crippen molar-refractivity contribution in [3.05, 3.63) is 30.5 Å². The standard InChI is InChI=1S/C15H20N4O2/c1-19(2)15(20)18-10-9-17-14-12-5-4-6-13(21-3)11(12)7-8-16-14/h4-8H,9-10H2,1-3H3,(H,16,17)(H,18,20). The van der Waals surface area contributed by atoms with Crippen LogP contribution in [0.2, 0.25) is 0 Å². The number of hydrogen-bond acceptors (Lipinski definition) is 4. The van der Waals surface area contributed by atoms with Gasteiger partial charge in [-0.15, -0.1) is 0 Å². The first-order valence-corrected chi connectivity index (χ1v) is 6.74. The highest BCUT2D eigenvalue weighted by Gasteiger charge is 2.06. The first-order chi connectivity index (χ1) is 10.1. The number of fused-ring (bicyclic) bond motifs is 1. The Kier molecular flexibility index (Phi) is 4.81. The highest BCUT2D eigenvalue weighted by Crippen LogP contribution is 2.28. The average Bonchev–Trinajstić information content (AvgIpc) is 2.50. The number of ether oxygens (including phenoxy) is 1. The molecule has 6 nitrogen and oxygen atoms in total. The predicted molar refractivity (Wildman–Crippen MR) is 83.9 cm³/mol. The summed E-state index contributed by atoms with van der Waals surface area (Å²) in [6.07, 6.45) is 1.74. The summed E-state index contributed by atoms with van der Waals surface area (Å²) < 4.78 is 5.35. The van der Waals surface area contributed by atoms with Gasteiger partial charge in [0.1, 0.15) is 11.6 Å². The molecule has 0 aliphatic heterocycles. The fourth-order valence-corrected chi connectivity index (χ4v) is 2.01. The van der Waals surface area contributed by atoms with E-state index < -0.39 is 0 Å². The molecular weight excluding hydrogens is 268 g/mol. The molecule has 1 aromatic carbocycles. The first kappa shape index (κ1) is 14.9. The summed E-state index contributed by atoms with van der Waals surface area (Å²) in [5.41, 5.74) is 0. The van der Waals surface area contributed by atoms with Crippen LogP contribution < -0.4 is 15.4 Å². The Morgan fingerprint density at radius 3 is 2.76 bits per heavy atom. The lowest BCUT2D eigenvalue weighted by Gasteiger charge is -2.13. The van der Waals surface area contributed by atoms with E-state index in [1.165, 1.54) is 4.90 Å². The minimum absolute atomic E-state index is 0.107. The summed E-state index contributed by atoms with van der Waals surface area (Å²) in [5.74, 6) is 1.60. The number of hydrogen-bond donors (Lipinski definition) is 2. The zero-order valence-corrected chi connectivity index (χ0v) is 12.5. The van der Waals surface area contributed by atoms with Crippen molar-refractivity contribution in [1.29, 1.82) is 0 Å². The van der Waals surface area contributed by atoms with Crippen molar-refractivity contribution in [3.8, 4) is 5.75 Å². The van der Waals surface area contributed by atoms with Crippen molar-refractivity contribution in [1.82, 2.24) is 15.2 Å². The molecule has 0 bridgehead atoms. The molecule has 0 saturated heterocycles. The summed E-state index contributed by atoms with van der Waals surface area (Å²) in [6, 6.07) is 7.66. The number of benzene rings is 1. The molecule has 1 heterocycles. The van der Waals surface area contributed by atoms with Crippen LogP contribution in [-0.4, -0.2) is 50.2 Å². The zero-order valence-electron chi connectivity index (χ0n) is 12.5. The maximum absolute atomic E-state index is 11.4. The molecule has 0 radical (unpaired) electrons. The topological polar surface area (TPSA) is 66.5 Å². The predicted octanol–water partition coefficient (Wildman–Crippen LogP) is 1.93. The molecule has 2 rings (SSSR count). The van der Waals surface area contributed by atoms with Gasteiger partial charge in [0.2, 0.25) is 0 Å². The van der Waals surface area contributed by atoms with Gasteiger partial charge in [-0.3, -0.25) is 0 Å². The van der Waals surface area contributed by atoms with Gasteiger partial charge in [-0.05, 0) is 12.1 Å². The lowest BCUT2D eigenvalue weighted by molar-refractivity contribution is 0.218. The van der Waals surface area contributed by atoms with Crippen LogP contribution in [-0.2, 0) is 0 Å². The molecule has 2 N–H and O–H groups in total. The maximum atomic E-state index is 11.4. The molecular formula is C15H20N4O2. The molecule has 0 aliphatic carbocycles. The van der Waals surface area contributed by atoms with Gasteiger partial charge in [0.15, 0.2) is 0 Å². The summed E-state index contributed by atoms with van der Waals surface area (Å²) in [6.45, 7) is 1.13. The van der Waals surface area contributed by atoms with Gasteiger partial charge in [0.25, 0.3) is 0 Å². The number of aromatic nitrogens is 1. The number of pyridine rings is 1. The van der Waals surface area contributed by atoms with Crippen molar-refractivity contribution < 1.29 is 9.53 Å². The second-order valence-corrected chi connectivity index (χ2v) is 4.77. The van der Waals surface area contributed by atoms with E-state index in [0.717, 1.165) is 22.3 Å². The van der Waals surface area contributed by atoms with E-state index in [-0.39, 0.29) is 6.03 Å². The largest absolute Gasteiger partial charge is 0.496 e. The van der Waals surface area contributed by atoms with Crippen molar-refractivity contribution in [3.63, 3.8) is 0 Å². The minimum atomic E-state index is -0.107. The van der Waals surface area contributed by atoms with Crippen molar-refractivity contribution >= 4 is 22.6 Å². The number of nitrogens with one attached hydrogen (secondary N) is 2. The number of amides is 2. The third kappa shape index (κ3) is 3.53. The Bertz CT molecular complexity index is 628. The highest BCUT2D eigenvalue weighted by atomic mass is 16.5. The molecule has 1 aromatic heterocycles. The number of urea groups is 1. The number of carbonyl (C=O) groups excluding carboxylic acids is 1. The highest BCUT2D eigenvalue weighted by molar-refractivity contribution is 5.95. The van der Waals surface area contributed by atoms with Gasteiger partial charge in [-0.25, -0.2) is 9.78 Å². The Morgan fingerprint density at radius 2 is 2.05 bits per heavy atom. The van der Waals surface area contributed by atoms with Crippen molar-refractivity contribution in [2.24, 2.45) is 0 Å². The molecule has 0 fully saturated rings. The first-order valence-electron chi connectivity index (χ1n) is 6.74. The fourth-order valence-electron chi connectivity index (χ4n) is 2.01. The minimum Gasteiger partial charge on any atom is -0.496 e. The third-order valence-electron chi connectivity index (χ3n) is 3.09. The number of methoxy groups -OCH3 is 1. The van der Waals surface area contributed by atoms with Crippen LogP contribution in [0.25, 0.3) is 10.8 Å². The van der Waals surface area contributed by atoms with Gasteiger partial charge >= 0.3 is 6.03 Å². The molecule has 0 atom stereocenters. The average molecular weight is 288 g/mol. The van der Waals surface area contributed by atoms with E-state index in [1.54, 1.807) is 27.4 Å². The fraction of sp³-hybridized carbons (Fsp3) is 0.333. The Morgan fingerprint density at radius 1 is 1.24 bits per heavy atom. The van der Waals surface area contributed by atoms with E-state index in [2.05, 4.69) is 15.6 Å². The Hall–Kier alpha value is -2.50. The van der Waals surface area contributed by atoms with E-state index in [1.807, 2.05) is 24.3 Å². The second kappa shape index (κ2) is 6.78. The Balaban J connectivity index is 2.04. The number of carbonyl (C=O) groups is 1. The van der Waals surface area contributed by atoms with Gasteiger partial charge in [-0.1, -0.05) is 12.1 Å². The Labute approximate surface area is 124 Å². The van der Waals surface area contributed by atoms with Crippen LogP contribution in [0.3, 0.4) is 0 Å². The van der Waals surface area contributed by atoms with Crippen LogP contribution in [0.1, 0.15) is 0 Å². The van der Waals surface area contributed by atoms with Crippen molar-refractivity contribution in [2.45, 2.75) is 0 Å². The van der Waals surface area contributed by atoms with Gasteiger partial charge in [-0.2, -0.15) is 0 Å². The van der Waals surface area contributed by atoms with Crippen LogP contribution in [0, 0.1) is 0 Å². The van der Waals surface area contributed by atoms with Crippen LogP contribution in [0.4, 0.5) is 10.6 Å². The summed E-state index contributed by atoms with van der Waals surface area (Å²) in [4.78, 5) is 17.3. The van der Waals surface area contributed by atoms with E-state index in [0.29, 0.717) is 13.1 Å². The maximum Gasteiger partial charge on any atom is 0.316 e. The summed E-state index contributed by atoms with van der Waals surface area (Å²) in [7, 11) is 5.07. The van der Waals surface area contributed by atoms with E-state index in [4.69, 9.17) is 4.74 Å². The van der Waals surface area contributed by atoms with Crippen LogP contribution in [0.15, 0.2) is 30.5 Å². The van der Waals surface area contributed by atoms with Gasteiger partial charge in [0, 0.05) is 44.2 Å². The lowest BCUT2D eigenvalue weighted by atomic mass is 10.1.